The summed E-state index contributed by atoms with van der Waals surface area (Å²) in [6.07, 6.45) is 2.73. The third-order valence-electron chi connectivity index (χ3n) is 3.37. The summed E-state index contributed by atoms with van der Waals surface area (Å²) in [4.78, 5) is 28.4. The van der Waals surface area contributed by atoms with Gasteiger partial charge in [0.05, 0.1) is 17.3 Å². The molecule has 0 saturated heterocycles. The van der Waals surface area contributed by atoms with Gasteiger partial charge >= 0.3 is 0 Å². The third kappa shape index (κ3) is 3.37. The number of anilines is 1. The number of rotatable bonds is 4. The van der Waals surface area contributed by atoms with Gasteiger partial charge in [0.15, 0.2) is 0 Å². The van der Waals surface area contributed by atoms with Crippen LogP contribution in [0.4, 0.5) is 5.82 Å². The number of hydrogen-bond acceptors (Lipinski definition) is 4. The molecular formula is C17H15N3O3. The van der Waals surface area contributed by atoms with Crippen LogP contribution in [0.15, 0.2) is 59.4 Å². The molecular weight excluding hydrogens is 294 g/mol. The molecule has 2 heterocycles. The summed E-state index contributed by atoms with van der Waals surface area (Å²) in [5, 5.41) is 6.29. The monoisotopic (exact) mass is 309 g/mol. The third-order valence-corrected chi connectivity index (χ3v) is 3.37. The molecule has 0 spiro atoms. The average Bonchev–Trinajstić information content (AvgIpc) is 3.09. The first kappa shape index (κ1) is 14.8. The highest BCUT2D eigenvalue weighted by molar-refractivity contribution is 6.00. The highest BCUT2D eigenvalue weighted by Gasteiger charge is 2.17. The first-order valence-electron chi connectivity index (χ1n) is 7.13. The Bertz CT molecular complexity index is 843. The van der Waals surface area contributed by atoms with Crippen LogP contribution in [0.5, 0.6) is 0 Å². The molecule has 0 aliphatic heterocycles. The Morgan fingerprint density at radius 2 is 1.96 bits per heavy atom. The van der Waals surface area contributed by atoms with Crippen molar-refractivity contribution in [3.8, 4) is 0 Å². The van der Waals surface area contributed by atoms with Crippen LogP contribution in [0.25, 0.3) is 10.9 Å². The van der Waals surface area contributed by atoms with Gasteiger partial charge in [-0.2, -0.15) is 0 Å². The van der Waals surface area contributed by atoms with Crippen LogP contribution in [-0.2, 0) is 4.79 Å². The van der Waals surface area contributed by atoms with Gasteiger partial charge in [-0.15, -0.1) is 0 Å². The lowest BCUT2D eigenvalue weighted by atomic mass is 10.2. The van der Waals surface area contributed by atoms with Crippen molar-refractivity contribution >= 4 is 28.5 Å². The van der Waals surface area contributed by atoms with E-state index in [1.165, 1.54) is 18.6 Å². The molecule has 0 bridgehead atoms. The van der Waals surface area contributed by atoms with Crippen molar-refractivity contribution in [3.63, 3.8) is 0 Å². The van der Waals surface area contributed by atoms with E-state index in [4.69, 9.17) is 4.42 Å². The van der Waals surface area contributed by atoms with Crippen molar-refractivity contribution in [2.24, 2.45) is 0 Å². The normalized spacial score (nSPS) is 11.9. The van der Waals surface area contributed by atoms with Gasteiger partial charge in [-0.05, 0) is 31.2 Å². The number of aromatic nitrogens is 1. The zero-order chi connectivity index (χ0) is 16.2. The van der Waals surface area contributed by atoms with Gasteiger partial charge in [-0.25, -0.2) is 4.98 Å². The van der Waals surface area contributed by atoms with Crippen LogP contribution in [0, 0.1) is 0 Å². The second-order valence-corrected chi connectivity index (χ2v) is 5.09. The van der Waals surface area contributed by atoms with Gasteiger partial charge in [-0.3, -0.25) is 9.59 Å². The van der Waals surface area contributed by atoms with Crippen LogP contribution in [-0.4, -0.2) is 22.8 Å². The fourth-order valence-electron chi connectivity index (χ4n) is 2.11. The van der Waals surface area contributed by atoms with Gasteiger partial charge < -0.3 is 15.1 Å². The lowest BCUT2D eigenvalue weighted by Crippen LogP contribution is -2.41. The van der Waals surface area contributed by atoms with E-state index in [0.717, 1.165) is 10.9 Å². The number of benzene rings is 1. The number of fused-ring (bicyclic) bond motifs is 1. The van der Waals surface area contributed by atoms with Crippen molar-refractivity contribution in [1.29, 1.82) is 0 Å². The fourth-order valence-corrected chi connectivity index (χ4v) is 2.11. The number of pyridine rings is 1. The molecule has 2 aromatic heterocycles. The lowest BCUT2D eigenvalue weighted by Gasteiger charge is -2.13. The smallest absolute Gasteiger partial charge is 0.255 e. The Balaban J connectivity index is 1.66. The van der Waals surface area contributed by atoms with Crippen molar-refractivity contribution < 1.29 is 14.0 Å². The van der Waals surface area contributed by atoms with Crippen molar-refractivity contribution in [2.75, 3.05) is 5.32 Å². The molecule has 1 atom stereocenters. The molecule has 1 aromatic carbocycles. The SMILES string of the molecule is CC(NC(=O)c1ccoc1)C(=O)Nc1ccc2ccccc2n1. The molecule has 6 heteroatoms. The van der Waals surface area contributed by atoms with Gasteiger partial charge in [0.1, 0.15) is 18.1 Å². The summed E-state index contributed by atoms with van der Waals surface area (Å²) in [5.74, 6) is -0.268. The van der Waals surface area contributed by atoms with E-state index in [-0.39, 0.29) is 11.8 Å². The van der Waals surface area contributed by atoms with Gasteiger partial charge in [0, 0.05) is 5.39 Å². The van der Waals surface area contributed by atoms with E-state index in [1.54, 1.807) is 13.0 Å². The van der Waals surface area contributed by atoms with Gasteiger partial charge in [0.2, 0.25) is 5.91 Å². The van der Waals surface area contributed by atoms with Crippen molar-refractivity contribution in [2.45, 2.75) is 13.0 Å². The van der Waals surface area contributed by atoms with E-state index >= 15 is 0 Å². The molecule has 116 valence electrons. The molecule has 23 heavy (non-hydrogen) atoms. The van der Waals surface area contributed by atoms with E-state index in [0.29, 0.717) is 11.4 Å². The predicted molar refractivity (Wildman–Crippen MR) is 86.0 cm³/mol. The Morgan fingerprint density at radius 3 is 2.74 bits per heavy atom. The number of furan rings is 1. The molecule has 6 nitrogen and oxygen atoms in total. The van der Waals surface area contributed by atoms with Gasteiger partial charge in [-0.1, -0.05) is 18.2 Å². The van der Waals surface area contributed by atoms with Crippen molar-refractivity contribution in [3.05, 3.63) is 60.6 Å². The molecule has 0 radical (unpaired) electrons. The van der Waals surface area contributed by atoms with E-state index in [2.05, 4.69) is 15.6 Å². The number of carbonyl (C=O) groups is 2. The largest absolute Gasteiger partial charge is 0.472 e. The maximum absolute atomic E-state index is 12.2. The highest BCUT2D eigenvalue weighted by Crippen LogP contribution is 2.14. The second kappa shape index (κ2) is 6.31. The van der Waals surface area contributed by atoms with Gasteiger partial charge in [0.25, 0.3) is 5.91 Å². The molecule has 0 fully saturated rings. The molecule has 0 aliphatic rings. The quantitative estimate of drug-likeness (QED) is 0.776. The minimum absolute atomic E-state index is 0.343. The molecule has 0 saturated carbocycles. The standard InChI is InChI=1S/C17H15N3O3/c1-11(18-17(22)13-8-9-23-10-13)16(21)20-15-7-6-12-4-2-3-5-14(12)19-15/h2-11H,1H3,(H,18,22)(H,19,20,21). The Kier molecular flexibility index (Phi) is 4.05. The topological polar surface area (TPSA) is 84.2 Å². The number of carbonyl (C=O) groups excluding carboxylic acids is 2. The number of para-hydroxylation sites is 1. The number of nitrogens with zero attached hydrogens (tertiary/aromatic N) is 1. The fraction of sp³-hybridized carbons (Fsp3) is 0.118. The van der Waals surface area contributed by atoms with E-state index in [1.807, 2.05) is 30.3 Å². The summed E-state index contributed by atoms with van der Waals surface area (Å²) < 4.78 is 4.84. The number of amides is 2. The zero-order valence-electron chi connectivity index (χ0n) is 12.4. The molecule has 3 aromatic rings. The first-order valence-corrected chi connectivity index (χ1v) is 7.13. The number of hydrogen-bond donors (Lipinski definition) is 2. The lowest BCUT2D eigenvalue weighted by molar-refractivity contribution is -0.117. The van der Waals surface area contributed by atoms with Crippen molar-refractivity contribution in [1.82, 2.24) is 10.3 Å². The molecule has 2 amide bonds. The Morgan fingerprint density at radius 1 is 1.13 bits per heavy atom. The maximum atomic E-state index is 12.2. The van der Waals surface area contributed by atoms with Crippen LogP contribution in [0.1, 0.15) is 17.3 Å². The molecule has 3 rings (SSSR count). The number of nitrogens with one attached hydrogen (secondary N) is 2. The summed E-state index contributed by atoms with van der Waals surface area (Å²) in [5.41, 5.74) is 1.16. The van der Waals surface area contributed by atoms with E-state index in [9.17, 15) is 9.59 Å². The Hall–Kier alpha value is -3.15. The van der Waals surface area contributed by atoms with Crippen LogP contribution in [0.2, 0.25) is 0 Å². The summed E-state index contributed by atoms with van der Waals surface area (Å²) in [6.45, 7) is 1.61. The van der Waals surface area contributed by atoms with Crippen LogP contribution in [0.3, 0.4) is 0 Å². The Labute approximate surface area is 132 Å². The summed E-state index contributed by atoms with van der Waals surface area (Å²) in [6, 6.07) is 12.1. The minimum Gasteiger partial charge on any atom is -0.472 e. The second-order valence-electron chi connectivity index (χ2n) is 5.09. The van der Waals surface area contributed by atoms with Crippen LogP contribution < -0.4 is 10.6 Å². The maximum Gasteiger partial charge on any atom is 0.255 e. The average molecular weight is 309 g/mol. The summed E-state index contributed by atoms with van der Waals surface area (Å²) in [7, 11) is 0. The van der Waals surface area contributed by atoms with E-state index < -0.39 is 6.04 Å². The summed E-state index contributed by atoms with van der Waals surface area (Å²) >= 11 is 0. The zero-order valence-corrected chi connectivity index (χ0v) is 12.4. The molecule has 2 N–H and O–H groups in total. The molecule has 1 unspecified atom stereocenters. The van der Waals surface area contributed by atoms with Crippen LogP contribution >= 0.6 is 0 Å². The predicted octanol–water partition coefficient (Wildman–Crippen LogP) is 2.58. The molecule has 0 aliphatic carbocycles. The first-order chi connectivity index (χ1) is 11.1. The minimum atomic E-state index is -0.703. The highest BCUT2D eigenvalue weighted by atomic mass is 16.3.